The molecule has 2 aromatic carbocycles. The van der Waals surface area contributed by atoms with E-state index in [9.17, 15) is 20.4 Å². The van der Waals surface area contributed by atoms with Gasteiger partial charge in [-0.25, -0.2) is 0 Å². The minimum atomic E-state index is -0.962. The molecule has 1 spiro atoms. The molecule has 0 aliphatic heterocycles. The van der Waals surface area contributed by atoms with Crippen LogP contribution in [0.25, 0.3) is 11.1 Å². The summed E-state index contributed by atoms with van der Waals surface area (Å²) >= 11 is 0. The van der Waals surface area contributed by atoms with E-state index >= 15 is 0 Å². The van der Waals surface area contributed by atoms with E-state index in [-0.39, 0.29) is 29.0 Å². The molecule has 4 heteroatoms. The van der Waals surface area contributed by atoms with E-state index in [4.69, 9.17) is 0 Å². The first-order valence-corrected chi connectivity index (χ1v) is 14.0. The Morgan fingerprint density at radius 1 is 1.03 bits per heavy atom. The minimum Gasteiger partial charge on any atom is -0.388 e. The zero-order valence-electron chi connectivity index (χ0n) is 21.9. The lowest BCUT2D eigenvalue weighted by Gasteiger charge is -2.59. The smallest absolute Gasteiger partial charge is 0.155 e. The van der Waals surface area contributed by atoms with Gasteiger partial charge in [0.25, 0.3) is 0 Å². The third-order valence-corrected chi connectivity index (χ3v) is 11.1. The first kappa shape index (κ1) is 23.6. The van der Waals surface area contributed by atoms with Crippen LogP contribution in [0.3, 0.4) is 0 Å². The van der Waals surface area contributed by atoms with Gasteiger partial charge in [-0.3, -0.25) is 4.79 Å². The molecule has 190 valence electrons. The largest absolute Gasteiger partial charge is 0.388 e. The van der Waals surface area contributed by atoms with Gasteiger partial charge in [-0.1, -0.05) is 54.0 Å². The number of nitrogens with zero attached hydrogens (tertiary/aromatic N) is 2. The SMILES string of the molecule is C[C@]12C[C@H]3C4=C(CCC5=CC(=O)CC[C@@]54Cc4cc(-c5ccc(C#N)cc5)ccc43)[C@@H]1CC[C@@]2(O)CC#N. The Bertz CT molecular complexity index is 1530. The maximum absolute atomic E-state index is 12.6. The molecular weight excluding hydrogens is 468 g/mol. The summed E-state index contributed by atoms with van der Waals surface area (Å²) in [6.45, 7) is 2.24. The number of hydrogen-bond donors (Lipinski definition) is 1. The van der Waals surface area contributed by atoms with E-state index < -0.39 is 5.60 Å². The Hall–Kier alpha value is -3.47. The van der Waals surface area contributed by atoms with Gasteiger partial charge in [0.1, 0.15) is 0 Å². The maximum Gasteiger partial charge on any atom is 0.155 e. The molecule has 5 atom stereocenters. The van der Waals surface area contributed by atoms with Crippen LogP contribution < -0.4 is 0 Å². The van der Waals surface area contributed by atoms with Crippen LogP contribution in [-0.4, -0.2) is 16.5 Å². The van der Waals surface area contributed by atoms with Gasteiger partial charge in [0, 0.05) is 23.2 Å². The van der Waals surface area contributed by atoms with Crippen molar-refractivity contribution in [3.8, 4) is 23.3 Å². The second-order valence-corrected chi connectivity index (χ2v) is 12.6. The topological polar surface area (TPSA) is 84.9 Å². The molecule has 1 fully saturated rings. The number of nitriles is 2. The third-order valence-electron chi connectivity index (χ3n) is 11.1. The van der Waals surface area contributed by atoms with E-state index in [1.54, 1.807) is 5.57 Å². The molecule has 5 aliphatic carbocycles. The van der Waals surface area contributed by atoms with Crippen molar-refractivity contribution in [2.45, 2.75) is 76.2 Å². The van der Waals surface area contributed by atoms with Gasteiger partial charge in [0.05, 0.1) is 29.7 Å². The standard InChI is InChI=1S/C34H32N2O2/c1-32-19-29-27-8-6-23(22-4-2-21(20-36)3-5-22)16-24(27)18-33-12-10-26(37)17-25(33)7-9-28(31(29)33)30(32)11-13-34(32,38)14-15-35/h2-6,8,16-17,29-30,38H,7,9-14,18-19H2,1H3/t29-,30+,32+,33-,34-/m1/s1. The fraction of sp³-hybridized carbons (Fsp3) is 0.441. The number of benzene rings is 2. The van der Waals surface area contributed by atoms with Crippen molar-refractivity contribution in [3.63, 3.8) is 0 Å². The Morgan fingerprint density at radius 3 is 2.58 bits per heavy atom. The fourth-order valence-corrected chi connectivity index (χ4v) is 9.20. The highest BCUT2D eigenvalue weighted by Gasteiger charge is 2.64. The van der Waals surface area contributed by atoms with Gasteiger partial charge in [-0.15, -0.1) is 0 Å². The van der Waals surface area contributed by atoms with Crippen LogP contribution in [0.2, 0.25) is 0 Å². The molecule has 0 heterocycles. The van der Waals surface area contributed by atoms with E-state index in [1.807, 2.05) is 30.3 Å². The predicted molar refractivity (Wildman–Crippen MR) is 145 cm³/mol. The van der Waals surface area contributed by atoms with Gasteiger partial charge in [-0.05, 0) is 91.3 Å². The van der Waals surface area contributed by atoms with Crippen LogP contribution in [0.5, 0.6) is 0 Å². The lowest BCUT2D eigenvalue weighted by Crippen LogP contribution is -2.52. The molecule has 38 heavy (non-hydrogen) atoms. The molecule has 2 aromatic rings. The number of aliphatic hydroxyl groups is 1. The fourth-order valence-electron chi connectivity index (χ4n) is 9.20. The molecule has 0 aromatic heterocycles. The molecule has 1 N–H and O–H groups in total. The lowest BCUT2D eigenvalue weighted by molar-refractivity contribution is -0.115. The van der Waals surface area contributed by atoms with Gasteiger partial charge in [-0.2, -0.15) is 10.5 Å². The van der Waals surface area contributed by atoms with Gasteiger partial charge in [0.15, 0.2) is 5.78 Å². The maximum atomic E-state index is 12.6. The van der Waals surface area contributed by atoms with E-state index in [1.165, 1.54) is 22.3 Å². The van der Waals surface area contributed by atoms with Crippen molar-refractivity contribution in [2.24, 2.45) is 16.7 Å². The molecule has 0 bridgehead atoms. The second kappa shape index (κ2) is 8.02. The number of ketones is 1. The van der Waals surface area contributed by atoms with Gasteiger partial charge >= 0.3 is 0 Å². The molecule has 0 saturated heterocycles. The Balaban J connectivity index is 1.43. The Kier molecular flexibility index (Phi) is 4.99. The summed E-state index contributed by atoms with van der Waals surface area (Å²) in [5.41, 5.74) is 8.61. The van der Waals surface area contributed by atoms with Crippen molar-refractivity contribution < 1.29 is 9.90 Å². The molecule has 0 unspecified atom stereocenters. The van der Waals surface area contributed by atoms with Crippen molar-refractivity contribution in [1.82, 2.24) is 0 Å². The Labute approximate surface area is 224 Å². The molecule has 0 radical (unpaired) electrons. The lowest BCUT2D eigenvalue weighted by atomic mass is 9.45. The summed E-state index contributed by atoms with van der Waals surface area (Å²) in [7, 11) is 0. The normalized spacial score (nSPS) is 34.7. The molecule has 4 nitrogen and oxygen atoms in total. The Morgan fingerprint density at radius 2 is 1.82 bits per heavy atom. The van der Waals surface area contributed by atoms with Crippen LogP contribution in [0.4, 0.5) is 0 Å². The number of allylic oxidation sites excluding steroid dienone is 4. The zero-order valence-corrected chi connectivity index (χ0v) is 21.9. The average molecular weight is 501 g/mol. The third kappa shape index (κ3) is 3.02. The highest BCUT2D eigenvalue weighted by atomic mass is 16.3. The van der Waals surface area contributed by atoms with E-state index in [0.717, 1.165) is 49.7 Å². The summed E-state index contributed by atoms with van der Waals surface area (Å²) < 4.78 is 0. The van der Waals surface area contributed by atoms with Crippen molar-refractivity contribution in [3.05, 3.63) is 82.0 Å². The second-order valence-electron chi connectivity index (χ2n) is 12.6. The monoisotopic (exact) mass is 500 g/mol. The number of hydrogen-bond acceptors (Lipinski definition) is 4. The molecule has 0 amide bonds. The highest BCUT2D eigenvalue weighted by Crippen LogP contribution is 2.71. The average Bonchev–Trinajstić information content (AvgIpc) is 3.18. The minimum absolute atomic E-state index is 0.0975. The van der Waals surface area contributed by atoms with Crippen molar-refractivity contribution >= 4 is 5.78 Å². The highest BCUT2D eigenvalue weighted by molar-refractivity contribution is 5.92. The number of carbonyl (C=O) groups is 1. The van der Waals surface area contributed by atoms with E-state index in [2.05, 4.69) is 37.3 Å². The summed E-state index contributed by atoms with van der Waals surface area (Å²) in [4.78, 5) is 12.6. The molecule has 5 aliphatic rings. The first-order chi connectivity index (χ1) is 18.3. The van der Waals surface area contributed by atoms with Crippen molar-refractivity contribution in [1.29, 1.82) is 10.5 Å². The number of fused-ring (bicyclic) bond motifs is 4. The van der Waals surface area contributed by atoms with Crippen LogP contribution >= 0.6 is 0 Å². The zero-order chi connectivity index (χ0) is 26.3. The molecule has 1 saturated carbocycles. The van der Waals surface area contributed by atoms with Gasteiger partial charge < -0.3 is 5.11 Å². The summed E-state index contributed by atoms with van der Waals surface area (Å²) in [6, 6.07) is 19.1. The summed E-state index contributed by atoms with van der Waals surface area (Å²) in [5.74, 6) is 0.765. The first-order valence-electron chi connectivity index (χ1n) is 14.0. The molecular formula is C34H32N2O2. The van der Waals surface area contributed by atoms with Crippen molar-refractivity contribution in [2.75, 3.05) is 0 Å². The summed E-state index contributed by atoms with van der Waals surface area (Å²) in [5, 5.41) is 30.7. The predicted octanol–water partition coefficient (Wildman–Crippen LogP) is 6.70. The van der Waals surface area contributed by atoms with E-state index in [0.29, 0.717) is 24.3 Å². The quantitative estimate of drug-likeness (QED) is 0.465. The van der Waals surface area contributed by atoms with Crippen LogP contribution in [0.15, 0.2) is 65.3 Å². The van der Waals surface area contributed by atoms with Crippen LogP contribution in [-0.2, 0) is 11.2 Å². The number of rotatable bonds is 2. The summed E-state index contributed by atoms with van der Waals surface area (Å²) in [6.07, 6.45) is 8.91. The van der Waals surface area contributed by atoms with Gasteiger partial charge in [0.2, 0.25) is 0 Å². The van der Waals surface area contributed by atoms with Crippen LogP contribution in [0, 0.1) is 39.4 Å². The molecule has 7 rings (SSSR count). The van der Waals surface area contributed by atoms with Crippen LogP contribution in [0.1, 0.15) is 80.9 Å². The number of carbonyl (C=O) groups excluding carboxylic acids is 1.